The summed E-state index contributed by atoms with van der Waals surface area (Å²) < 4.78 is 6.01. The molecule has 0 aromatic carbocycles. The van der Waals surface area contributed by atoms with Gasteiger partial charge in [0.1, 0.15) is 0 Å². The van der Waals surface area contributed by atoms with E-state index in [4.69, 9.17) is 4.74 Å². The lowest BCUT2D eigenvalue weighted by molar-refractivity contribution is -0.0808. The van der Waals surface area contributed by atoms with Crippen molar-refractivity contribution in [2.24, 2.45) is 23.7 Å². The lowest BCUT2D eigenvalue weighted by Crippen LogP contribution is -2.42. The highest BCUT2D eigenvalue weighted by molar-refractivity contribution is 5.14. The Morgan fingerprint density at radius 3 is 2.79 bits per heavy atom. The van der Waals surface area contributed by atoms with Gasteiger partial charge in [-0.3, -0.25) is 0 Å². The predicted octanol–water partition coefficient (Wildman–Crippen LogP) is 3.26. The van der Waals surface area contributed by atoms with Crippen LogP contribution in [0.15, 0.2) is 11.6 Å². The molecule has 0 aromatic rings. The van der Waals surface area contributed by atoms with Crippen molar-refractivity contribution >= 4 is 0 Å². The van der Waals surface area contributed by atoms with Gasteiger partial charge in [-0.1, -0.05) is 32.4 Å². The molecular weight excluding hydrogens is 172 g/mol. The van der Waals surface area contributed by atoms with Crippen LogP contribution >= 0.6 is 0 Å². The Kier molecular flexibility index (Phi) is 2.70. The maximum absolute atomic E-state index is 6.01. The zero-order valence-electron chi connectivity index (χ0n) is 9.79. The topological polar surface area (TPSA) is 9.23 Å². The SMILES string of the molecule is CC1=C[C@@H](C)[C@H]2CO[C@H](C(C)C)[C@H]1C2. The lowest BCUT2D eigenvalue weighted by atomic mass is 9.70. The van der Waals surface area contributed by atoms with E-state index in [-0.39, 0.29) is 0 Å². The summed E-state index contributed by atoms with van der Waals surface area (Å²) >= 11 is 0. The summed E-state index contributed by atoms with van der Waals surface area (Å²) in [5, 5.41) is 0. The molecule has 2 bridgehead atoms. The van der Waals surface area contributed by atoms with Crippen molar-refractivity contribution in [2.45, 2.75) is 40.2 Å². The number of hydrogen-bond acceptors (Lipinski definition) is 1. The van der Waals surface area contributed by atoms with Crippen LogP contribution in [-0.2, 0) is 4.74 Å². The van der Waals surface area contributed by atoms with Gasteiger partial charge in [-0.25, -0.2) is 0 Å². The fourth-order valence-electron chi connectivity index (χ4n) is 3.02. The van der Waals surface area contributed by atoms with Gasteiger partial charge >= 0.3 is 0 Å². The molecule has 0 N–H and O–H groups in total. The molecule has 1 aliphatic heterocycles. The van der Waals surface area contributed by atoms with Crippen LogP contribution in [0, 0.1) is 23.7 Å². The van der Waals surface area contributed by atoms with Crippen molar-refractivity contribution < 1.29 is 4.74 Å². The van der Waals surface area contributed by atoms with Gasteiger partial charge in [-0.15, -0.1) is 0 Å². The van der Waals surface area contributed by atoms with Crippen LogP contribution in [0.3, 0.4) is 0 Å². The van der Waals surface area contributed by atoms with Crippen LogP contribution in [0.25, 0.3) is 0 Å². The summed E-state index contributed by atoms with van der Waals surface area (Å²) in [6, 6.07) is 0. The van der Waals surface area contributed by atoms with Gasteiger partial charge in [0.15, 0.2) is 0 Å². The Labute approximate surface area is 87.5 Å². The summed E-state index contributed by atoms with van der Waals surface area (Å²) in [6.07, 6.45) is 4.29. The first kappa shape index (κ1) is 10.2. The van der Waals surface area contributed by atoms with Gasteiger partial charge < -0.3 is 4.74 Å². The van der Waals surface area contributed by atoms with E-state index >= 15 is 0 Å². The van der Waals surface area contributed by atoms with Crippen LogP contribution in [0.1, 0.15) is 34.1 Å². The van der Waals surface area contributed by atoms with Gasteiger partial charge in [0, 0.05) is 5.92 Å². The van der Waals surface area contributed by atoms with Crippen LogP contribution in [0.4, 0.5) is 0 Å². The second kappa shape index (κ2) is 3.69. The zero-order chi connectivity index (χ0) is 10.3. The summed E-state index contributed by atoms with van der Waals surface area (Å²) in [6.45, 7) is 10.1. The van der Waals surface area contributed by atoms with E-state index in [0.717, 1.165) is 18.4 Å². The second-order valence-electron chi connectivity index (χ2n) is 5.41. The standard InChI is InChI=1S/C13H22O/c1-8(2)13-12-6-11(7-14-13)9(3)5-10(12)4/h5,8-9,11-13H,6-7H2,1-4H3/t9-,11-,12+,13-/m1/s1. The van der Waals surface area contributed by atoms with Crippen molar-refractivity contribution in [3.05, 3.63) is 11.6 Å². The number of hydrogen-bond donors (Lipinski definition) is 0. The van der Waals surface area contributed by atoms with E-state index in [1.807, 2.05) is 0 Å². The first-order valence-electron chi connectivity index (χ1n) is 5.89. The first-order valence-corrected chi connectivity index (χ1v) is 5.89. The van der Waals surface area contributed by atoms with Crippen LogP contribution in [0.2, 0.25) is 0 Å². The van der Waals surface area contributed by atoms with Gasteiger partial charge in [0.25, 0.3) is 0 Å². The molecule has 2 rings (SSSR count). The highest BCUT2D eigenvalue weighted by atomic mass is 16.5. The second-order valence-corrected chi connectivity index (χ2v) is 5.41. The van der Waals surface area contributed by atoms with E-state index < -0.39 is 0 Å². The van der Waals surface area contributed by atoms with E-state index in [2.05, 4.69) is 33.8 Å². The van der Waals surface area contributed by atoms with E-state index in [1.54, 1.807) is 5.57 Å². The van der Waals surface area contributed by atoms with Crippen molar-refractivity contribution in [1.82, 2.24) is 0 Å². The zero-order valence-corrected chi connectivity index (χ0v) is 9.79. The smallest absolute Gasteiger partial charge is 0.0663 e. The van der Waals surface area contributed by atoms with Crippen molar-refractivity contribution in [3.8, 4) is 0 Å². The lowest BCUT2D eigenvalue weighted by Gasteiger charge is -2.44. The van der Waals surface area contributed by atoms with E-state index in [9.17, 15) is 0 Å². The van der Waals surface area contributed by atoms with Gasteiger partial charge in [0.2, 0.25) is 0 Å². The minimum absolute atomic E-state index is 0.468. The van der Waals surface area contributed by atoms with Gasteiger partial charge in [-0.05, 0) is 31.1 Å². The highest BCUT2D eigenvalue weighted by Crippen LogP contribution is 2.41. The molecule has 0 saturated carbocycles. The predicted molar refractivity (Wildman–Crippen MR) is 59.1 cm³/mol. The Hall–Kier alpha value is -0.300. The molecular formula is C13H22O. The Bertz CT molecular complexity index is 242. The van der Waals surface area contributed by atoms with Crippen molar-refractivity contribution in [2.75, 3.05) is 6.61 Å². The fourth-order valence-corrected chi connectivity index (χ4v) is 3.02. The van der Waals surface area contributed by atoms with Gasteiger partial charge in [0.05, 0.1) is 12.7 Å². The number of rotatable bonds is 1. The van der Waals surface area contributed by atoms with E-state index in [1.165, 1.54) is 6.42 Å². The molecule has 0 unspecified atom stereocenters. The van der Waals surface area contributed by atoms with Crippen LogP contribution < -0.4 is 0 Å². The Balaban J connectivity index is 2.20. The summed E-state index contributed by atoms with van der Waals surface area (Å²) in [4.78, 5) is 0. The molecule has 2 aliphatic rings. The molecule has 0 radical (unpaired) electrons. The quantitative estimate of drug-likeness (QED) is 0.582. The third-order valence-electron chi connectivity index (χ3n) is 3.97. The number of fused-ring (bicyclic) bond motifs is 2. The summed E-state index contributed by atoms with van der Waals surface area (Å²) in [5.74, 6) is 2.85. The average molecular weight is 194 g/mol. The molecule has 14 heavy (non-hydrogen) atoms. The molecule has 0 amide bonds. The molecule has 80 valence electrons. The Morgan fingerprint density at radius 2 is 2.14 bits per heavy atom. The molecule has 1 heterocycles. The molecule has 1 heteroatoms. The van der Waals surface area contributed by atoms with E-state index in [0.29, 0.717) is 17.9 Å². The normalized spacial score (nSPS) is 42.5. The Morgan fingerprint density at radius 1 is 1.43 bits per heavy atom. The monoisotopic (exact) mass is 194 g/mol. The van der Waals surface area contributed by atoms with Crippen LogP contribution in [-0.4, -0.2) is 12.7 Å². The first-order chi connectivity index (χ1) is 6.59. The van der Waals surface area contributed by atoms with Crippen LogP contribution in [0.5, 0.6) is 0 Å². The molecule has 1 aliphatic carbocycles. The maximum atomic E-state index is 6.01. The molecule has 1 saturated heterocycles. The molecule has 4 atom stereocenters. The third-order valence-corrected chi connectivity index (χ3v) is 3.97. The minimum atomic E-state index is 0.468. The third kappa shape index (κ3) is 1.63. The van der Waals surface area contributed by atoms with Gasteiger partial charge in [-0.2, -0.15) is 0 Å². The van der Waals surface area contributed by atoms with Crippen molar-refractivity contribution in [1.29, 1.82) is 0 Å². The van der Waals surface area contributed by atoms with Crippen molar-refractivity contribution in [3.63, 3.8) is 0 Å². The largest absolute Gasteiger partial charge is 0.377 e. The molecule has 1 fully saturated rings. The summed E-state index contributed by atoms with van der Waals surface area (Å²) in [5.41, 5.74) is 1.56. The number of allylic oxidation sites excluding steroid dienone is 1. The highest BCUT2D eigenvalue weighted by Gasteiger charge is 2.38. The molecule has 0 aromatic heterocycles. The average Bonchev–Trinajstić information content (AvgIpc) is 2.14. The maximum Gasteiger partial charge on any atom is 0.0663 e. The molecule has 0 spiro atoms. The fraction of sp³-hybridized carbons (Fsp3) is 0.846. The summed E-state index contributed by atoms with van der Waals surface area (Å²) in [7, 11) is 0. The molecule has 1 nitrogen and oxygen atoms in total. The minimum Gasteiger partial charge on any atom is -0.377 e. The number of ether oxygens (including phenoxy) is 1.